The van der Waals surface area contributed by atoms with E-state index >= 15 is 0 Å². The summed E-state index contributed by atoms with van der Waals surface area (Å²) in [4.78, 5) is 27.7. The zero-order chi connectivity index (χ0) is 20.1. The highest BCUT2D eigenvalue weighted by Crippen LogP contribution is 2.27. The number of oxazole rings is 1. The van der Waals surface area contributed by atoms with E-state index in [9.17, 15) is 9.59 Å². The molecule has 1 aromatic heterocycles. The van der Waals surface area contributed by atoms with Gasteiger partial charge < -0.3 is 19.2 Å². The van der Waals surface area contributed by atoms with Crippen molar-refractivity contribution >= 4 is 34.6 Å². The average molecular weight is 403 g/mol. The number of halogens is 1. The zero-order valence-electron chi connectivity index (χ0n) is 15.4. The van der Waals surface area contributed by atoms with E-state index in [1.807, 2.05) is 0 Å². The molecule has 1 heterocycles. The average Bonchev–Trinajstić information content (AvgIpc) is 3.10. The lowest BCUT2D eigenvalue weighted by Gasteiger charge is -2.14. The van der Waals surface area contributed by atoms with E-state index in [4.69, 9.17) is 25.5 Å². The van der Waals surface area contributed by atoms with E-state index in [-0.39, 0.29) is 13.2 Å². The van der Waals surface area contributed by atoms with Gasteiger partial charge in [0.15, 0.2) is 11.7 Å². The first kappa shape index (κ1) is 19.7. The minimum Gasteiger partial charge on any atom is -0.481 e. The molecule has 1 N–H and O–H groups in total. The van der Waals surface area contributed by atoms with Gasteiger partial charge >= 0.3 is 5.97 Å². The number of carbonyl (C=O) groups excluding carboxylic acids is 2. The molecular weight excluding hydrogens is 384 g/mol. The minimum absolute atomic E-state index is 0.193. The molecule has 3 rings (SSSR count). The van der Waals surface area contributed by atoms with Gasteiger partial charge in [-0.25, -0.2) is 4.98 Å². The van der Waals surface area contributed by atoms with Gasteiger partial charge in [-0.05, 0) is 50.2 Å². The smallest absolute Gasteiger partial charge is 0.325 e. The summed E-state index contributed by atoms with van der Waals surface area (Å²) in [6, 6.07) is 12.2. The van der Waals surface area contributed by atoms with Gasteiger partial charge in [-0.15, -0.1) is 0 Å². The highest BCUT2D eigenvalue weighted by atomic mass is 35.5. The number of carbonyl (C=O) groups is 2. The van der Waals surface area contributed by atoms with E-state index in [1.54, 1.807) is 56.3 Å². The Kier molecular flexibility index (Phi) is 6.16. The lowest BCUT2D eigenvalue weighted by Crippen LogP contribution is -2.39. The molecule has 2 aromatic carbocycles. The highest BCUT2D eigenvalue weighted by Gasteiger charge is 2.16. The van der Waals surface area contributed by atoms with Crippen molar-refractivity contribution in [1.82, 2.24) is 10.3 Å². The molecule has 0 aliphatic heterocycles. The third-order valence-electron chi connectivity index (χ3n) is 3.85. The Balaban J connectivity index is 1.61. The van der Waals surface area contributed by atoms with Gasteiger partial charge in [0.25, 0.3) is 5.91 Å². The second kappa shape index (κ2) is 8.75. The fourth-order valence-electron chi connectivity index (χ4n) is 2.47. The molecule has 0 fully saturated rings. The van der Waals surface area contributed by atoms with Crippen LogP contribution in [0.4, 0.5) is 0 Å². The molecule has 7 nitrogen and oxygen atoms in total. The van der Waals surface area contributed by atoms with Crippen LogP contribution in [0, 0.1) is 0 Å². The SMILES string of the molecule is CCOC(=O)CNC(=O)[C@@H](C)Oc1ccc(-c2nc3ccc(Cl)cc3o2)cc1. The topological polar surface area (TPSA) is 90.7 Å². The Hall–Kier alpha value is -3.06. The highest BCUT2D eigenvalue weighted by molar-refractivity contribution is 6.31. The van der Waals surface area contributed by atoms with Crippen LogP contribution in [0.2, 0.25) is 5.02 Å². The summed E-state index contributed by atoms with van der Waals surface area (Å²) in [6.07, 6.45) is -0.772. The number of ether oxygens (including phenoxy) is 2. The first-order valence-corrected chi connectivity index (χ1v) is 9.10. The van der Waals surface area contributed by atoms with Crippen LogP contribution < -0.4 is 10.1 Å². The number of hydrogen-bond acceptors (Lipinski definition) is 6. The Morgan fingerprint density at radius 2 is 1.96 bits per heavy atom. The van der Waals surface area contributed by atoms with E-state index in [0.29, 0.717) is 27.8 Å². The third-order valence-corrected chi connectivity index (χ3v) is 4.08. The number of benzene rings is 2. The molecule has 0 unspecified atom stereocenters. The number of amides is 1. The van der Waals surface area contributed by atoms with Crippen LogP contribution in [0.25, 0.3) is 22.6 Å². The van der Waals surface area contributed by atoms with Gasteiger partial charge in [-0.1, -0.05) is 11.6 Å². The van der Waals surface area contributed by atoms with Crippen molar-refractivity contribution in [3.8, 4) is 17.2 Å². The van der Waals surface area contributed by atoms with Crippen molar-refractivity contribution in [2.24, 2.45) is 0 Å². The van der Waals surface area contributed by atoms with Crippen LogP contribution in [-0.2, 0) is 14.3 Å². The number of esters is 1. The molecule has 0 saturated carbocycles. The maximum atomic E-state index is 12.0. The monoisotopic (exact) mass is 402 g/mol. The maximum Gasteiger partial charge on any atom is 0.325 e. The first-order valence-electron chi connectivity index (χ1n) is 8.72. The summed E-state index contributed by atoms with van der Waals surface area (Å²) >= 11 is 5.96. The molecule has 28 heavy (non-hydrogen) atoms. The Morgan fingerprint density at radius 3 is 2.68 bits per heavy atom. The molecule has 1 amide bonds. The van der Waals surface area contributed by atoms with Crippen molar-refractivity contribution in [2.75, 3.05) is 13.2 Å². The normalized spacial score (nSPS) is 11.8. The van der Waals surface area contributed by atoms with Gasteiger partial charge in [0.1, 0.15) is 17.8 Å². The number of aromatic nitrogens is 1. The fraction of sp³-hybridized carbons (Fsp3) is 0.250. The van der Waals surface area contributed by atoms with Gasteiger partial charge in [-0.2, -0.15) is 0 Å². The molecule has 146 valence electrons. The van der Waals surface area contributed by atoms with Gasteiger partial charge in [-0.3, -0.25) is 9.59 Å². The lowest BCUT2D eigenvalue weighted by atomic mass is 10.2. The van der Waals surface area contributed by atoms with Crippen molar-refractivity contribution in [3.05, 3.63) is 47.5 Å². The van der Waals surface area contributed by atoms with Crippen molar-refractivity contribution < 1.29 is 23.5 Å². The maximum absolute atomic E-state index is 12.0. The molecule has 0 radical (unpaired) electrons. The van der Waals surface area contributed by atoms with E-state index < -0.39 is 18.0 Å². The summed E-state index contributed by atoms with van der Waals surface area (Å²) in [5.74, 6) is 0.0609. The standard InChI is InChI=1S/C20H19ClN2O5/c1-3-26-18(24)11-22-19(25)12(2)27-15-7-4-13(5-8-15)20-23-16-9-6-14(21)10-17(16)28-20/h4-10,12H,3,11H2,1-2H3,(H,22,25)/t12-/m1/s1. The van der Waals surface area contributed by atoms with Crippen molar-refractivity contribution in [2.45, 2.75) is 20.0 Å². The third kappa shape index (κ3) is 4.80. The van der Waals surface area contributed by atoms with Crippen LogP contribution in [0.3, 0.4) is 0 Å². The van der Waals surface area contributed by atoms with E-state index in [1.165, 1.54) is 0 Å². The van der Waals surface area contributed by atoms with Crippen LogP contribution in [-0.4, -0.2) is 36.1 Å². The fourth-order valence-corrected chi connectivity index (χ4v) is 2.63. The number of rotatable bonds is 7. The number of fused-ring (bicyclic) bond motifs is 1. The van der Waals surface area contributed by atoms with E-state index in [2.05, 4.69) is 10.3 Å². The molecule has 0 aliphatic carbocycles. The summed E-state index contributed by atoms with van der Waals surface area (Å²) in [7, 11) is 0. The summed E-state index contributed by atoms with van der Waals surface area (Å²) in [5.41, 5.74) is 2.08. The molecule has 1 atom stereocenters. The largest absolute Gasteiger partial charge is 0.481 e. The number of nitrogens with zero attached hydrogens (tertiary/aromatic N) is 1. The van der Waals surface area contributed by atoms with Crippen molar-refractivity contribution in [3.63, 3.8) is 0 Å². The van der Waals surface area contributed by atoms with Crippen LogP contribution >= 0.6 is 11.6 Å². The minimum atomic E-state index is -0.772. The lowest BCUT2D eigenvalue weighted by molar-refractivity contribution is -0.144. The summed E-state index contributed by atoms with van der Waals surface area (Å²) < 4.78 is 16.1. The van der Waals surface area contributed by atoms with Gasteiger partial charge in [0, 0.05) is 16.7 Å². The Labute approximate surface area is 166 Å². The number of hydrogen-bond donors (Lipinski definition) is 1. The van der Waals surface area contributed by atoms with Crippen LogP contribution in [0.5, 0.6) is 5.75 Å². The molecule has 0 aliphatic rings. The molecule has 0 saturated heterocycles. The Bertz CT molecular complexity index is 984. The van der Waals surface area contributed by atoms with E-state index in [0.717, 1.165) is 5.56 Å². The number of nitrogens with one attached hydrogen (secondary N) is 1. The second-order valence-corrected chi connectivity index (χ2v) is 6.37. The van der Waals surface area contributed by atoms with Crippen LogP contribution in [0.15, 0.2) is 46.9 Å². The second-order valence-electron chi connectivity index (χ2n) is 5.94. The first-order chi connectivity index (χ1) is 13.5. The van der Waals surface area contributed by atoms with Crippen molar-refractivity contribution in [1.29, 1.82) is 0 Å². The van der Waals surface area contributed by atoms with Gasteiger partial charge in [0.2, 0.25) is 5.89 Å². The summed E-state index contributed by atoms with van der Waals surface area (Å²) in [5, 5.41) is 3.05. The molecule has 0 bridgehead atoms. The molecule has 0 spiro atoms. The summed E-state index contributed by atoms with van der Waals surface area (Å²) in [6.45, 7) is 3.37. The molecule has 3 aromatic rings. The Morgan fingerprint density at radius 1 is 1.21 bits per heavy atom. The zero-order valence-corrected chi connectivity index (χ0v) is 16.2. The quantitative estimate of drug-likeness (QED) is 0.607. The molecule has 8 heteroatoms. The predicted octanol–water partition coefficient (Wildman–Crippen LogP) is 3.59. The van der Waals surface area contributed by atoms with Gasteiger partial charge in [0.05, 0.1) is 6.61 Å². The predicted molar refractivity (Wildman–Crippen MR) is 104 cm³/mol. The van der Waals surface area contributed by atoms with Crippen LogP contribution in [0.1, 0.15) is 13.8 Å². The molecular formula is C20H19ClN2O5.